The van der Waals surface area contributed by atoms with Crippen molar-refractivity contribution in [2.45, 2.75) is 65.0 Å². The quantitative estimate of drug-likeness (QED) is 0.840. The molecular weight excluding hydrogens is 222 g/mol. The molecule has 1 atom stereocenters. The van der Waals surface area contributed by atoms with Gasteiger partial charge in [0.2, 0.25) is 0 Å². The molecule has 1 saturated carbocycles. The molecule has 1 unspecified atom stereocenters. The van der Waals surface area contributed by atoms with Crippen molar-refractivity contribution in [1.82, 2.24) is 15.1 Å². The summed E-state index contributed by atoms with van der Waals surface area (Å²) >= 11 is 0. The first-order valence-corrected chi connectivity index (χ1v) is 7.43. The average molecular weight is 249 g/mol. The van der Waals surface area contributed by atoms with Crippen molar-refractivity contribution in [1.29, 1.82) is 0 Å². The molecule has 1 aromatic rings. The minimum atomic E-state index is 0.606. The molecule has 18 heavy (non-hydrogen) atoms. The predicted molar refractivity (Wildman–Crippen MR) is 75.8 cm³/mol. The SMILES string of the molecule is CCn1nc(C)cc1CC(CC1CCCC1)NC. The van der Waals surface area contributed by atoms with E-state index in [1.807, 2.05) is 0 Å². The highest BCUT2D eigenvalue weighted by molar-refractivity contribution is 5.10. The smallest absolute Gasteiger partial charge is 0.0596 e. The van der Waals surface area contributed by atoms with Gasteiger partial charge in [0.05, 0.1) is 5.69 Å². The van der Waals surface area contributed by atoms with Crippen molar-refractivity contribution in [2.75, 3.05) is 7.05 Å². The molecule has 102 valence electrons. The van der Waals surface area contributed by atoms with E-state index in [9.17, 15) is 0 Å². The van der Waals surface area contributed by atoms with E-state index in [1.165, 1.54) is 37.8 Å². The zero-order valence-electron chi connectivity index (χ0n) is 12.1. The van der Waals surface area contributed by atoms with Crippen LogP contribution in [0.15, 0.2) is 6.07 Å². The minimum Gasteiger partial charge on any atom is -0.317 e. The van der Waals surface area contributed by atoms with Crippen molar-refractivity contribution in [3.05, 3.63) is 17.5 Å². The fourth-order valence-corrected chi connectivity index (χ4v) is 3.24. The van der Waals surface area contributed by atoms with Crippen LogP contribution in [0.4, 0.5) is 0 Å². The van der Waals surface area contributed by atoms with E-state index in [2.05, 4.69) is 42.1 Å². The third-order valence-corrected chi connectivity index (χ3v) is 4.24. The van der Waals surface area contributed by atoms with Crippen molar-refractivity contribution in [2.24, 2.45) is 5.92 Å². The van der Waals surface area contributed by atoms with Crippen LogP contribution in [0.25, 0.3) is 0 Å². The molecule has 1 N–H and O–H groups in total. The van der Waals surface area contributed by atoms with Crippen LogP contribution in [0.5, 0.6) is 0 Å². The fraction of sp³-hybridized carbons (Fsp3) is 0.800. The van der Waals surface area contributed by atoms with E-state index in [-0.39, 0.29) is 0 Å². The number of nitrogens with one attached hydrogen (secondary N) is 1. The Bertz CT molecular complexity index is 364. The number of aryl methyl sites for hydroxylation is 2. The third-order valence-electron chi connectivity index (χ3n) is 4.24. The average Bonchev–Trinajstić information content (AvgIpc) is 2.98. The maximum absolute atomic E-state index is 4.54. The lowest BCUT2D eigenvalue weighted by atomic mass is 9.95. The van der Waals surface area contributed by atoms with Gasteiger partial charge in [0, 0.05) is 24.7 Å². The van der Waals surface area contributed by atoms with E-state index in [1.54, 1.807) is 0 Å². The number of hydrogen-bond acceptors (Lipinski definition) is 2. The second-order valence-electron chi connectivity index (χ2n) is 5.67. The summed E-state index contributed by atoms with van der Waals surface area (Å²) in [7, 11) is 2.10. The molecule has 1 aliphatic carbocycles. The van der Waals surface area contributed by atoms with E-state index in [0.717, 1.165) is 24.6 Å². The molecule has 0 bridgehead atoms. The Morgan fingerprint density at radius 3 is 2.78 bits per heavy atom. The fourth-order valence-electron chi connectivity index (χ4n) is 3.24. The van der Waals surface area contributed by atoms with Crippen molar-refractivity contribution >= 4 is 0 Å². The summed E-state index contributed by atoms with van der Waals surface area (Å²) in [5, 5.41) is 8.03. The highest BCUT2D eigenvalue weighted by Gasteiger charge is 2.20. The van der Waals surface area contributed by atoms with Crippen LogP contribution in [0.2, 0.25) is 0 Å². The van der Waals surface area contributed by atoms with Crippen molar-refractivity contribution in [3.8, 4) is 0 Å². The van der Waals surface area contributed by atoms with E-state index >= 15 is 0 Å². The van der Waals surface area contributed by atoms with Crippen LogP contribution in [0, 0.1) is 12.8 Å². The molecule has 1 heterocycles. The van der Waals surface area contributed by atoms with Gasteiger partial charge in [0.15, 0.2) is 0 Å². The lowest BCUT2D eigenvalue weighted by molar-refractivity contribution is 0.395. The first-order chi connectivity index (χ1) is 8.72. The summed E-state index contributed by atoms with van der Waals surface area (Å²) < 4.78 is 2.15. The number of rotatable bonds is 6. The molecule has 0 spiro atoms. The molecule has 1 aromatic heterocycles. The highest BCUT2D eigenvalue weighted by Crippen LogP contribution is 2.29. The van der Waals surface area contributed by atoms with Gasteiger partial charge >= 0.3 is 0 Å². The summed E-state index contributed by atoms with van der Waals surface area (Å²) in [6.07, 6.45) is 8.18. The lowest BCUT2D eigenvalue weighted by Crippen LogP contribution is -2.30. The van der Waals surface area contributed by atoms with Gasteiger partial charge in [-0.15, -0.1) is 0 Å². The van der Waals surface area contributed by atoms with Crippen LogP contribution in [-0.4, -0.2) is 22.9 Å². The van der Waals surface area contributed by atoms with Gasteiger partial charge in [0.25, 0.3) is 0 Å². The normalized spacial score (nSPS) is 18.4. The van der Waals surface area contributed by atoms with Gasteiger partial charge in [-0.1, -0.05) is 25.7 Å². The zero-order chi connectivity index (χ0) is 13.0. The molecular formula is C15H27N3. The van der Waals surface area contributed by atoms with Crippen LogP contribution < -0.4 is 5.32 Å². The Morgan fingerprint density at radius 2 is 2.17 bits per heavy atom. The topological polar surface area (TPSA) is 29.9 Å². The number of aromatic nitrogens is 2. The molecule has 1 fully saturated rings. The van der Waals surface area contributed by atoms with Gasteiger partial charge in [-0.25, -0.2) is 0 Å². The van der Waals surface area contributed by atoms with Gasteiger partial charge in [-0.05, 0) is 39.3 Å². The van der Waals surface area contributed by atoms with Gasteiger partial charge in [-0.3, -0.25) is 4.68 Å². The Balaban J connectivity index is 1.95. The molecule has 0 saturated heterocycles. The Hall–Kier alpha value is -0.830. The van der Waals surface area contributed by atoms with Crippen molar-refractivity contribution < 1.29 is 0 Å². The summed E-state index contributed by atoms with van der Waals surface area (Å²) in [5.41, 5.74) is 2.52. The summed E-state index contributed by atoms with van der Waals surface area (Å²) in [5.74, 6) is 0.946. The Kier molecular flexibility index (Phi) is 4.81. The standard InChI is InChI=1S/C15H27N3/c1-4-18-15(9-12(2)17-18)11-14(16-3)10-13-7-5-6-8-13/h9,13-14,16H,4-8,10-11H2,1-3H3. The van der Waals surface area contributed by atoms with Crippen LogP contribution in [-0.2, 0) is 13.0 Å². The highest BCUT2D eigenvalue weighted by atomic mass is 15.3. The minimum absolute atomic E-state index is 0.606. The van der Waals surface area contributed by atoms with Gasteiger partial charge in [0.1, 0.15) is 0 Å². The van der Waals surface area contributed by atoms with E-state index in [4.69, 9.17) is 0 Å². The molecule has 0 radical (unpaired) electrons. The van der Waals surface area contributed by atoms with Gasteiger partial charge < -0.3 is 5.32 Å². The molecule has 0 aliphatic heterocycles. The van der Waals surface area contributed by atoms with Crippen molar-refractivity contribution in [3.63, 3.8) is 0 Å². The Morgan fingerprint density at radius 1 is 1.44 bits per heavy atom. The molecule has 2 rings (SSSR count). The number of nitrogens with zero attached hydrogens (tertiary/aromatic N) is 2. The number of hydrogen-bond donors (Lipinski definition) is 1. The lowest BCUT2D eigenvalue weighted by Gasteiger charge is -2.20. The monoisotopic (exact) mass is 249 g/mol. The maximum atomic E-state index is 4.54. The molecule has 1 aliphatic rings. The largest absolute Gasteiger partial charge is 0.317 e. The van der Waals surface area contributed by atoms with Crippen LogP contribution >= 0.6 is 0 Å². The second-order valence-corrected chi connectivity index (χ2v) is 5.67. The zero-order valence-corrected chi connectivity index (χ0v) is 12.1. The summed E-state index contributed by atoms with van der Waals surface area (Å²) in [6, 6.07) is 2.84. The number of likely N-dealkylation sites (N-methyl/N-ethyl adjacent to an activating group) is 1. The van der Waals surface area contributed by atoms with E-state index in [0.29, 0.717) is 6.04 Å². The van der Waals surface area contributed by atoms with Crippen LogP contribution in [0.1, 0.15) is 50.4 Å². The molecule has 3 nitrogen and oxygen atoms in total. The Labute approximate surface area is 111 Å². The van der Waals surface area contributed by atoms with Crippen LogP contribution in [0.3, 0.4) is 0 Å². The summed E-state index contributed by atoms with van der Waals surface area (Å²) in [4.78, 5) is 0. The van der Waals surface area contributed by atoms with E-state index < -0.39 is 0 Å². The second kappa shape index (κ2) is 6.37. The maximum Gasteiger partial charge on any atom is 0.0596 e. The first kappa shape index (κ1) is 13.6. The summed E-state index contributed by atoms with van der Waals surface area (Å²) in [6.45, 7) is 5.23. The third kappa shape index (κ3) is 3.35. The first-order valence-electron chi connectivity index (χ1n) is 7.43. The predicted octanol–water partition coefficient (Wildman–Crippen LogP) is 2.92. The molecule has 3 heteroatoms. The molecule has 0 amide bonds. The molecule has 0 aromatic carbocycles. The van der Waals surface area contributed by atoms with Gasteiger partial charge in [-0.2, -0.15) is 5.10 Å².